The third-order valence-corrected chi connectivity index (χ3v) is 5.56. The fourth-order valence-electron chi connectivity index (χ4n) is 3.31. The standard InChI is InChI=1S/C14H17F3N2S/c15-14(16,17)20(18)12-3-1-10(2-4-12)5-11-6-13(7-11)8-19-9-13/h1-4,11,18-19H,5-9H2. The SMILES string of the molecule is N=S(c1ccc(CC2CC3(CNC3)C2)cc1)C(F)(F)F. The summed E-state index contributed by atoms with van der Waals surface area (Å²) in [6, 6.07) is 6.41. The Bertz CT molecular complexity index is 512. The molecule has 1 spiro atoms. The van der Waals surface area contributed by atoms with Crippen LogP contribution in [-0.4, -0.2) is 18.6 Å². The van der Waals surface area contributed by atoms with Crippen molar-refractivity contribution in [2.24, 2.45) is 11.3 Å². The second-order valence-electron chi connectivity index (χ2n) is 5.98. The Kier molecular flexibility index (Phi) is 3.41. The molecule has 2 fully saturated rings. The quantitative estimate of drug-likeness (QED) is 0.881. The van der Waals surface area contributed by atoms with E-state index in [1.54, 1.807) is 12.1 Å². The second-order valence-corrected chi connectivity index (χ2v) is 7.52. The van der Waals surface area contributed by atoms with Gasteiger partial charge in [-0.3, -0.25) is 4.78 Å². The highest BCUT2D eigenvalue weighted by Crippen LogP contribution is 2.49. The van der Waals surface area contributed by atoms with Crippen LogP contribution in [0.15, 0.2) is 29.2 Å². The fourth-order valence-corrected chi connectivity index (χ4v) is 3.98. The number of halogens is 3. The summed E-state index contributed by atoms with van der Waals surface area (Å²) in [6.45, 7) is 2.24. The molecule has 1 aliphatic heterocycles. The molecule has 20 heavy (non-hydrogen) atoms. The number of nitrogens with one attached hydrogen (secondary N) is 2. The van der Waals surface area contributed by atoms with E-state index in [0.717, 1.165) is 25.1 Å². The summed E-state index contributed by atoms with van der Waals surface area (Å²) in [6.07, 6.45) is 3.40. The highest BCUT2D eigenvalue weighted by atomic mass is 32.2. The van der Waals surface area contributed by atoms with Crippen LogP contribution in [0.4, 0.5) is 13.2 Å². The van der Waals surface area contributed by atoms with E-state index in [9.17, 15) is 13.2 Å². The number of rotatable bonds is 3. The largest absolute Gasteiger partial charge is 0.456 e. The lowest BCUT2D eigenvalue weighted by atomic mass is 9.57. The molecule has 6 heteroatoms. The predicted octanol–water partition coefficient (Wildman–Crippen LogP) is 3.49. The van der Waals surface area contributed by atoms with Crippen LogP contribution in [0.2, 0.25) is 0 Å². The third-order valence-electron chi connectivity index (χ3n) is 4.36. The van der Waals surface area contributed by atoms with Gasteiger partial charge in [0.2, 0.25) is 0 Å². The lowest BCUT2D eigenvalue weighted by molar-refractivity contribution is -0.0360. The number of alkyl halides is 3. The van der Waals surface area contributed by atoms with Crippen molar-refractivity contribution >= 4 is 10.7 Å². The molecule has 0 bridgehead atoms. The van der Waals surface area contributed by atoms with Gasteiger partial charge in [0.05, 0.1) is 0 Å². The van der Waals surface area contributed by atoms with Crippen molar-refractivity contribution in [3.63, 3.8) is 0 Å². The first-order valence-electron chi connectivity index (χ1n) is 6.70. The van der Waals surface area contributed by atoms with E-state index < -0.39 is 16.2 Å². The van der Waals surface area contributed by atoms with Crippen LogP contribution in [-0.2, 0) is 17.1 Å². The normalized spacial score (nSPS) is 23.1. The summed E-state index contributed by atoms with van der Waals surface area (Å²) in [5.41, 5.74) is -2.84. The summed E-state index contributed by atoms with van der Waals surface area (Å²) >= 11 is 0. The van der Waals surface area contributed by atoms with Gasteiger partial charge in [0.25, 0.3) is 0 Å². The summed E-state index contributed by atoms with van der Waals surface area (Å²) in [4.78, 5) is 0.0505. The monoisotopic (exact) mass is 302 g/mol. The van der Waals surface area contributed by atoms with Crippen LogP contribution in [0, 0.1) is 16.1 Å². The van der Waals surface area contributed by atoms with Gasteiger partial charge in [0.15, 0.2) is 0 Å². The van der Waals surface area contributed by atoms with Gasteiger partial charge in [0.1, 0.15) is 0 Å². The van der Waals surface area contributed by atoms with E-state index in [1.165, 1.54) is 25.0 Å². The highest BCUT2D eigenvalue weighted by molar-refractivity contribution is 7.87. The molecule has 2 nitrogen and oxygen atoms in total. The smallest absolute Gasteiger partial charge is 0.316 e. The molecule has 3 rings (SSSR count). The maximum atomic E-state index is 12.5. The molecule has 0 radical (unpaired) electrons. The van der Waals surface area contributed by atoms with E-state index in [-0.39, 0.29) is 4.90 Å². The van der Waals surface area contributed by atoms with Crippen molar-refractivity contribution in [2.45, 2.75) is 29.7 Å². The Morgan fingerprint density at radius 1 is 1.20 bits per heavy atom. The second kappa shape index (κ2) is 4.84. The van der Waals surface area contributed by atoms with Crippen molar-refractivity contribution in [3.8, 4) is 0 Å². The van der Waals surface area contributed by atoms with Crippen molar-refractivity contribution in [2.75, 3.05) is 13.1 Å². The van der Waals surface area contributed by atoms with Gasteiger partial charge in [-0.2, -0.15) is 13.2 Å². The molecule has 1 aromatic rings. The van der Waals surface area contributed by atoms with Crippen LogP contribution in [0.3, 0.4) is 0 Å². The van der Waals surface area contributed by atoms with Crippen LogP contribution >= 0.6 is 0 Å². The minimum Gasteiger partial charge on any atom is -0.316 e. The summed E-state index contributed by atoms with van der Waals surface area (Å²) in [5.74, 6) is 0.666. The maximum absolute atomic E-state index is 12.5. The maximum Gasteiger partial charge on any atom is 0.456 e. The van der Waals surface area contributed by atoms with Crippen LogP contribution in [0.5, 0.6) is 0 Å². The Morgan fingerprint density at radius 3 is 2.25 bits per heavy atom. The summed E-state index contributed by atoms with van der Waals surface area (Å²) < 4.78 is 44.6. The zero-order valence-corrected chi connectivity index (χ0v) is 11.8. The van der Waals surface area contributed by atoms with Crippen molar-refractivity contribution in [3.05, 3.63) is 29.8 Å². The fraction of sp³-hybridized carbons (Fsp3) is 0.571. The lowest BCUT2D eigenvalue weighted by Gasteiger charge is -2.54. The number of hydrogen-bond donors (Lipinski definition) is 2. The molecule has 1 saturated carbocycles. The Hall–Kier alpha value is -0.880. The van der Waals surface area contributed by atoms with Crippen molar-refractivity contribution in [1.82, 2.24) is 5.32 Å². The van der Waals surface area contributed by atoms with Gasteiger partial charge in [-0.05, 0) is 48.3 Å². The van der Waals surface area contributed by atoms with Gasteiger partial charge in [-0.1, -0.05) is 12.1 Å². The summed E-state index contributed by atoms with van der Waals surface area (Å²) in [5, 5.41) is 3.30. The molecular formula is C14H17F3N2S. The number of benzene rings is 1. The first-order valence-corrected chi connectivity index (χ1v) is 7.93. The molecule has 1 saturated heterocycles. The Balaban J connectivity index is 1.58. The van der Waals surface area contributed by atoms with Crippen LogP contribution < -0.4 is 5.32 Å². The van der Waals surface area contributed by atoms with Crippen LogP contribution in [0.25, 0.3) is 0 Å². The van der Waals surface area contributed by atoms with Gasteiger partial charge < -0.3 is 5.32 Å². The topological polar surface area (TPSA) is 35.9 Å². The minimum absolute atomic E-state index is 0.0505. The molecule has 1 aromatic carbocycles. The molecule has 2 N–H and O–H groups in total. The van der Waals surface area contributed by atoms with Gasteiger partial charge in [-0.15, -0.1) is 0 Å². The molecule has 1 atom stereocenters. The molecule has 2 aliphatic rings. The number of hydrogen-bond acceptors (Lipinski definition) is 2. The molecule has 1 heterocycles. The molecule has 1 unspecified atom stereocenters. The van der Waals surface area contributed by atoms with E-state index in [4.69, 9.17) is 4.78 Å². The molecule has 0 amide bonds. The van der Waals surface area contributed by atoms with Gasteiger partial charge in [0, 0.05) is 28.7 Å². The molecule has 1 aliphatic carbocycles. The third kappa shape index (κ3) is 2.63. The first kappa shape index (κ1) is 14.1. The predicted molar refractivity (Wildman–Crippen MR) is 72.6 cm³/mol. The zero-order valence-electron chi connectivity index (χ0n) is 11.0. The lowest BCUT2D eigenvalue weighted by Crippen LogP contribution is -2.60. The van der Waals surface area contributed by atoms with E-state index >= 15 is 0 Å². The minimum atomic E-state index is -4.46. The first-order chi connectivity index (χ1) is 9.38. The summed E-state index contributed by atoms with van der Waals surface area (Å²) in [7, 11) is -2.42. The highest BCUT2D eigenvalue weighted by Gasteiger charge is 2.47. The van der Waals surface area contributed by atoms with E-state index in [2.05, 4.69) is 5.32 Å². The van der Waals surface area contributed by atoms with Crippen molar-refractivity contribution < 1.29 is 13.2 Å². The van der Waals surface area contributed by atoms with E-state index in [1.807, 2.05) is 0 Å². The van der Waals surface area contributed by atoms with Crippen LogP contribution in [0.1, 0.15) is 18.4 Å². The average molecular weight is 302 g/mol. The Morgan fingerprint density at radius 2 is 1.80 bits per heavy atom. The Labute approximate surface area is 118 Å². The molecular weight excluding hydrogens is 285 g/mol. The van der Waals surface area contributed by atoms with Crippen molar-refractivity contribution in [1.29, 1.82) is 4.78 Å². The molecule has 110 valence electrons. The van der Waals surface area contributed by atoms with Gasteiger partial charge >= 0.3 is 5.51 Å². The zero-order chi connectivity index (χ0) is 14.4. The average Bonchev–Trinajstić information content (AvgIpc) is 2.29. The van der Waals surface area contributed by atoms with E-state index in [0.29, 0.717) is 11.3 Å². The van der Waals surface area contributed by atoms with Gasteiger partial charge in [-0.25, -0.2) is 0 Å². The molecule has 0 aromatic heterocycles.